The van der Waals surface area contributed by atoms with Gasteiger partial charge in [0.15, 0.2) is 0 Å². The number of carbonyl (C=O) groups is 2. The molecule has 0 saturated carbocycles. The van der Waals surface area contributed by atoms with Crippen molar-refractivity contribution >= 4 is 11.9 Å². The first-order valence-corrected chi connectivity index (χ1v) is 9.15. The topological polar surface area (TPSA) is 84.7 Å². The summed E-state index contributed by atoms with van der Waals surface area (Å²) in [6, 6.07) is 5.62. The van der Waals surface area contributed by atoms with Crippen LogP contribution in [0, 0.1) is 19.7 Å². The highest BCUT2D eigenvalue weighted by Gasteiger charge is 2.36. The van der Waals surface area contributed by atoms with Crippen LogP contribution in [-0.2, 0) is 20.7 Å². The molecule has 1 aliphatic heterocycles. The molecule has 1 aliphatic rings. The van der Waals surface area contributed by atoms with Gasteiger partial charge in [-0.15, -0.1) is 0 Å². The molecule has 0 radical (unpaired) electrons. The van der Waals surface area contributed by atoms with Gasteiger partial charge in [0.25, 0.3) is 0 Å². The number of hydrogen-bond donors (Lipinski definition) is 1. The monoisotopic (exact) mass is 389 g/mol. The Morgan fingerprint density at radius 3 is 2.57 bits per heavy atom. The maximum Gasteiger partial charge on any atom is 0.305 e. The molecule has 1 fully saturated rings. The number of amides is 1. The lowest BCUT2D eigenvalue weighted by Crippen LogP contribution is -2.38. The van der Waals surface area contributed by atoms with Crippen molar-refractivity contribution in [1.29, 1.82) is 0 Å². The van der Waals surface area contributed by atoms with E-state index in [4.69, 9.17) is 9.84 Å². The first-order valence-electron chi connectivity index (χ1n) is 9.15. The first kappa shape index (κ1) is 20.0. The molecule has 7 nitrogen and oxygen atoms in total. The van der Waals surface area contributed by atoms with E-state index < -0.39 is 5.97 Å². The van der Waals surface area contributed by atoms with Crippen molar-refractivity contribution in [1.82, 2.24) is 14.7 Å². The molecule has 2 aromatic rings. The fourth-order valence-corrected chi connectivity index (χ4v) is 3.76. The number of methoxy groups -OCH3 is 1. The second-order valence-corrected chi connectivity index (χ2v) is 7.11. The minimum atomic E-state index is -0.934. The van der Waals surface area contributed by atoms with Gasteiger partial charge in [-0.25, -0.2) is 9.07 Å². The number of ether oxygens (including phenoxy) is 1. The average Bonchev–Trinajstić information content (AvgIpc) is 3.17. The highest BCUT2D eigenvalue weighted by Crippen LogP contribution is 2.25. The lowest BCUT2D eigenvalue weighted by molar-refractivity contribution is -0.139. The number of nitrogens with zero attached hydrogens (tertiary/aromatic N) is 3. The summed E-state index contributed by atoms with van der Waals surface area (Å²) in [5.41, 5.74) is 3.02. The number of rotatable bonds is 6. The molecule has 1 N–H and O–H groups in total. The van der Waals surface area contributed by atoms with E-state index in [1.165, 1.54) is 12.1 Å². The van der Waals surface area contributed by atoms with E-state index >= 15 is 0 Å². The van der Waals surface area contributed by atoms with Crippen LogP contribution < -0.4 is 0 Å². The molecule has 1 aromatic heterocycles. The molecule has 2 heterocycles. The molecule has 3 rings (SSSR count). The lowest BCUT2D eigenvalue weighted by Gasteiger charge is -2.23. The van der Waals surface area contributed by atoms with Crippen LogP contribution in [0.5, 0.6) is 0 Å². The zero-order chi connectivity index (χ0) is 20.4. The first-order chi connectivity index (χ1) is 13.3. The van der Waals surface area contributed by atoms with Gasteiger partial charge in [0.1, 0.15) is 5.82 Å². The van der Waals surface area contributed by atoms with Crippen LogP contribution in [0.4, 0.5) is 4.39 Å². The maximum atomic E-state index is 13.2. The van der Waals surface area contributed by atoms with Gasteiger partial charge >= 0.3 is 5.97 Å². The quantitative estimate of drug-likeness (QED) is 0.819. The van der Waals surface area contributed by atoms with Crippen molar-refractivity contribution in [2.45, 2.75) is 45.3 Å². The van der Waals surface area contributed by atoms with Gasteiger partial charge < -0.3 is 14.7 Å². The zero-order valence-electron chi connectivity index (χ0n) is 16.2. The third-order valence-corrected chi connectivity index (χ3v) is 5.28. The van der Waals surface area contributed by atoms with E-state index in [-0.39, 0.29) is 36.7 Å². The number of aryl methyl sites for hydroxylation is 1. The Bertz CT molecular complexity index is 878. The Hall–Kier alpha value is -2.74. The SMILES string of the molecule is COC1CC(CC(=O)O)N(C(=O)Cc2c(C)nn(-c3ccc(F)cc3)c2C)C1. The molecule has 2 atom stereocenters. The highest BCUT2D eigenvalue weighted by molar-refractivity contribution is 5.81. The summed E-state index contributed by atoms with van der Waals surface area (Å²) >= 11 is 0. The number of carbonyl (C=O) groups excluding carboxylic acids is 1. The third kappa shape index (κ3) is 4.06. The molecule has 1 amide bonds. The molecule has 2 unspecified atom stereocenters. The summed E-state index contributed by atoms with van der Waals surface area (Å²) < 4.78 is 20.2. The van der Waals surface area contributed by atoms with Crippen molar-refractivity contribution in [3.05, 3.63) is 47.0 Å². The molecule has 1 aromatic carbocycles. The van der Waals surface area contributed by atoms with E-state index in [1.807, 2.05) is 13.8 Å². The van der Waals surface area contributed by atoms with Crippen molar-refractivity contribution in [2.24, 2.45) is 0 Å². The molecule has 8 heteroatoms. The summed E-state index contributed by atoms with van der Waals surface area (Å²) in [5.74, 6) is -1.40. The summed E-state index contributed by atoms with van der Waals surface area (Å²) in [7, 11) is 1.57. The number of aromatic nitrogens is 2. The molecule has 28 heavy (non-hydrogen) atoms. The minimum absolute atomic E-state index is 0.0988. The van der Waals surface area contributed by atoms with Gasteiger partial charge in [0, 0.05) is 31.0 Å². The van der Waals surface area contributed by atoms with Gasteiger partial charge in [-0.3, -0.25) is 9.59 Å². The number of hydrogen-bond acceptors (Lipinski definition) is 4. The summed E-state index contributed by atoms with van der Waals surface area (Å²) in [6.45, 7) is 4.08. The van der Waals surface area contributed by atoms with Crippen molar-refractivity contribution in [3.8, 4) is 5.69 Å². The number of benzene rings is 1. The fraction of sp³-hybridized carbons (Fsp3) is 0.450. The summed E-state index contributed by atoms with van der Waals surface area (Å²) in [4.78, 5) is 25.7. The van der Waals surface area contributed by atoms with Gasteiger partial charge in [-0.05, 0) is 44.5 Å². The van der Waals surface area contributed by atoms with Gasteiger partial charge in [0.05, 0.1) is 30.3 Å². The molecular formula is C20H24FN3O4. The van der Waals surface area contributed by atoms with Gasteiger partial charge in [-0.2, -0.15) is 5.10 Å². The van der Waals surface area contributed by atoms with Crippen LogP contribution in [0.2, 0.25) is 0 Å². The average molecular weight is 389 g/mol. The van der Waals surface area contributed by atoms with Crippen molar-refractivity contribution < 1.29 is 23.8 Å². The normalized spacial score (nSPS) is 19.2. The maximum absolute atomic E-state index is 13.2. The minimum Gasteiger partial charge on any atom is -0.481 e. The molecule has 0 bridgehead atoms. The van der Waals surface area contributed by atoms with Crippen molar-refractivity contribution in [3.63, 3.8) is 0 Å². The van der Waals surface area contributed by atoms with E-state index in [9.17, 15) is 14.0 Å². The Morgan fingerprint density at radius 1 is 1.29 bits per heavy atom. The number of carboxylic acid groups (broad SMARTS) is 1. The fourth-order valence-electron chi connectivity index (χ4n) is 3.76. The van der Waals surface area contributed by atoms with E-state index in [1.54, 1.807) is 28.8 Å². The van der Waals surface area contributed by atoms with Crippen molar-refractivity contribution in [2.75, 3.05) is 13.7 Å². The van der Waals surface area contributed by atoms with E-state index in [0.717, 1.165) is 11.3 Å². The zero-order valence-corrected chi connectivity index (χ0v) is 16.2. The molecule has 150 valence electrons. The standard InChI is InChI=1S/C20H24FN3O4/c1-12-18(13(2)24(22-12)15-6-4-14(21)5-7-15)10-19(25)23-11-17(28-3)8-16(23)9-20(26)27/h4-7,16-17H,8-11H2,1-3H3,(H,26,27). The largest absolute Gasteiger partial charge is 0.481 e. The Labute approximate surface area is 162 Å². The van der Waals surface area contributed by atoms with Gasteiger partial charge in [-0.1, -0.05) is 0 Å². The number of carboxylic acids is 1. The number of aliphatic carboxylic acids is 1. The lowest BCUT2D eigenvalue weighted by atomic mass is 10.1. The molecule has 0 aliphatic carbocycles. The van der Waals surface area contributed by atoms with E-state index in [0.29, 0.717) is 24.3 Å². The number of halogens is 1. The van der Waals surface area contributed by atoms with Crippen LogP contribution in [0.25, 0.3) is 5.69 Å². The van der Waals surface area contributed by atoms with E-state index in [2.05, 4.69) is 5.10 Å². The Kier molecular flexibility index (Phi) is 5.79. The molecule has 1 saturated heterocycles. The van der Waals surface area contributed by atoms with Crippen LogP contribution >= 0.6 is 0 Å². The number of likely N-dealkylation sites (tertiary alicyclic amines) is 1. The van der Waals surface area contributed by atoms with Crippen LogP contribution in [0.15, 0.2) is 24.3 Å². The second kappa shape index (κ2) is 8.10. The predicted octanol–water partition coefficient (Wildman–Crippen LogP) is 2.26. The smallest absolute Gasteiger partial charge is 0.305 e. The molecule has 0 spiro atoms. The Morgan fingerprint density at radius 2 is 1.96 bits per heavy atom. The summed E-state index contributed by atoms with van der Waals surface area (Å²) in [5, 5.41) is 13.6. The van der Waals surface area contributed by atoms with Crippen LogP contribution in [-0.4, -0.2) is 57.5 Å². The molecular weight excluding hydrogens is 365 g/mol. The highest BCUT2D eigenvalue weighted by atomic mass is 19.1. The van der Waals surface area contributed by atoms with Gasteiger partial charge in [0.2, 0.25) is 5.91 Å². The van der Waals surface area contributed by atoms with Crippen LogP contribution in [0.1, 0.15) is 29.8 Å². The third-order valence-electron chi connectivity index (χ3n) is 5.28. The predicted molar refractivity (Wildman–Crippen MR) is 99.9 cm³/mol. The summed E-state index contributed by atoms with van der Waals surface area (Å²) in [6.07, 6.45) is 0.392. The second-order valence-electron chi connectivity index (χ2n) is 7.11. The van der Waals surface area contributed by atoms with Crippen LogP contribution in [0.3, 0.4) is 0 Å². The Balaban J connectivity index is 1.82.